The van der Waals surface area contributed by atoms with Crippen LogP contribution in [0.1, 0.15) is 36.7 Å². The molecular weight excluding hydrogens is 280 g/mol. The van der Waals surface area contributed by atoms with Gasteiger partial charge in [-0.2, -0.15) is 0 Å². The van der Waals surface area contributed by atoms with Gasteiger partial charge in [-0.3, -0.25) is 4.98 Å². The van der Waals surface area contributed by atoms with Crippen molar-refractivity contribution in [2.45, 2.75) is 25.4 Å². The lowest BCUT2D eigenvalue weighted by molar-refractivity contribution is 0.317. The molecule has 5 heteroatoms. The summed E-state index contributed by atoms with van der Waals surface area (Å²) in [6, 6.07) is 8.50. The summed E-state index contributed by atoms with van der Waals surface area (Å²) in [6.07, 6.45) is 7.15. The van der Waals surface area contributed by atoms with Crippen LogP contribution < -0.4 is 5.32 Å². The molecule has 0 spiro atoms. The second-order valence-corrected chi connectivity index (χ2v) is 5.82. The van der Waals surface area contributed by atoms with E-state index in [9.17, 15) is 0 Å². The third kappa shape index (κ3) is 2.65. The zero-order chi connectivity index (χ0) is 14.8. The highest BCUT2D eigenvalue weighted by Crippen LogP contribution is 2.38. The number of pyridine rings is 1. The fourth-order valence-corrected chi connectivity index (χ4v) is 3.28. The van der Waals surface area contributed by atoms with Gasteiger partial charge in [0.25, 0.3) is 0 Å². The third-order valence-corrected chi connectivity index (χ3v) is 4.21. The molecule has 3 rings (SSSR count). The lowest BCUT2D eigenvalue weighted by Crippen LogP contribution is -2.30. The van der Waals surface area contributed by atoms with Crippen molar-refractivity contribution in [1.29, 1.82) is 0 Å². The molecule has 0 bridgehead atoms. The summed E-state index contributed by atoms with van der Waals surface area (Å²) in [4.78, 5) is 6.80. The van der Waals surface area contributed by atoms with Crippen molar-refractivity contribution >= 4 is 17.3 Å². The average molecular weight is 300 g/mol. The number of nitrogens with zero attached hydrogens (tertiary/aromatic N) is 3. The van der Waals surface area contributed by atoms with Crippen LogP contribution in [-0.2, 0) is 7.05 Å². The van der Waals surface area contributed by atoms with Crippen molar-refractivity contribution in [3.05, 3.63) is 54.1 Å². The molecular formula is C16H20N4S. The molecule has 2 atom stereocenters. The summed E-state index contributed by atoms with van der Waals surface area (Å²) in [7, 11) is 2.05. The van der Waals surface area contributed by atoms with E-state index < -0.39 is 0 Å². The first-order chi connectivity index (χ1) is 10.2. The fraction of sp³-hybridized carbons (Fsp3) is 0.375. The van der Waals surface area contributed by atoms with Crippen LogP contribution >= 0.6 is 12.2 Å². The number of aromatic nitrogens is 2. The molecule has 4 nitrogen and oxygen atoms in total. The summed E-state index contributed by atoms with van der Waals surface area (Å²) >= 11 is 5.55. The molecule has 2 aromatic rings. The van der Waals surface area contributed by atoms with Crippen molar-refractivity contribution in [2.24, 2.45) is 7.05 Å². The molecule has 0 unspecified atom stereocenters. The molecule has 1 aliphatic rings. The second kappa shape index (κ2) is 5.85. The van der Waals surface area contributed by atoms with Gasteiger partial charge in [-0.1, -0.05) is 13.0 Å². The van der Waals surface area contributed by atoms with Crippen LogP contribution in [0.25, 0.3) is 0 Å². The maximum absolute atomic E-state index is 5.55. The van der Waals surface area contributed by atoms with Gasteiger partial charge in [0.05, 0.1) is 17.8 Å². The minimum absolute atomic E-state index is 0.104. The van der Waals surface area contributed by atoms with E-state index in [4.69, 9.17) is 12.2 Å². The predicted molar refractivity (Wildman–Crippen MR) is 87.9 cm³/mol. The van der Waals surface area contributed by atoms with Crippen molar-refractivity contribution in [3.63, 3.8) is 0 Å². The molecule has 0 aliphatic carbocycles. The Bertz CT molecular complexity index is 622. The zero-order valence-electron chi connectivity index (χ0n) is 12.4. The molecule has 1 aliphatic heterocycles. The zero-order valence-corrected chi connectivity index (χ0v) is 13.2. The van der Waals surface area contributed by atoms with Gasteiger partial charge in [-0.05, 0) is 42.4 Å². The molecule has 110 valence electrons. The molecule has 0 amide bonds. The highest BCUT2D eigenvalue weighted by atomic mass is 32.1. The maximum Gasteiger partial charge on any atom is 0.170 e. The second-order valence-electron chi connectivity index (χ2n) is 5.43. The number of thiocarbonyl (C=S) groups is 1. The monoisotopic (exact) mass is 300 g/mol. The van der Waals surface area contributed by atoms with E-state index in [0.717, 1.165) is 23.8 Å². The SMILES string of the molecule is CCCN1C(=S)N[C@@H](c2ccccn2)[C@H]1c1ccn(C)c1. The van der Waals surface area contributed by atoms with E-state index in [-0.39, 0.29) is 12.1 Å². The van der Waals surface area contributed by atoms with Crippen molar-refractivity contribution < 1.29 is 0 Å². The number of aryl methyl sites for hydroxylation is 1. The van der Waals surface area contributed by atoms with Crippen molar-refractivity contribution in [1.82, 2.24) is 19.8 Å². The highest BCUT2D eigenvalue weighted by molar-refractivity contribution is 7.80. The molecule has 0 saturated carbocycles. The van der Waals surface area contributed by atoms with Gasteiger partial charge in [-0.15, -0.1) is 0 Å². The maximum atomic E-state index is 5.55. The summed E-state index contributed by atoms with van der Waals surface area (Å²) in [5, 5.41) is 4.27. The summed E-state index contributed by atoms with van der Waals surface area (Å²) in [6.45, 7) is 3.13. The van der Waals surface area contributed by atoms with Gasteiger partial charge >= 0.3 is 0 Å². The third-order valence-electron chi connectivity index (χ3n) is 3.86. The Labute approximate surface area is 130 Å². The van der Waals surface area contributed by atoms with Crippen LogP contribution in [0.5, 0.6) is 0 Å². The lowest BCUT2D eigenvalue weighted by atomic mass is 9.99. The van der Waals surface area contributed by atoms with E-state index >= 15 is 0 Å². The van der Waals surface area contributed by atoms with Gasteiger partial charge in [0.1, 0.15) is 0 Å². The van der Waals surface area contributed by atoms with E-state index in [1.165, 1.54) is 5.56 Å². The minimum Gasteiger partial charge on any atom is -0.357 e. The quantitative estimate of drug-likeness (QED) is 0.880. The van der Waals surface area contributed by atoms with E-state index in [1.54, 1.807) is 0 Å². The first kappa shape index (κ1) is 14.1. The number of nitrogens with one attached hydrogen (secondary N) is 1. The topological polar surface area (TPSA) is 33.1 Å². The standard InChI is InChI=1S/C16H20N4S/c1-3-9-20-15(12-7-10-19(2)11-12)14(18-16(20)21)13-6-4-5-8-17-13/h4-8,10-11,14-15H,3,9H2,1-2H3,(H,18,21)/t14-,15+/m0/s1. The van der Waals surface area contributed by atoms with E-state index in [1.807, 2.05) is 25.4 Å². The minimum atomic E-state index is 0.104. The summed E-state index contributed by atoms with van der Waals surface area (Å²) in [5.74, 6) is 0. The highest BCUT2D eigenvalue weighted by Gasteiger charge is 2.39. The Hall–Kier alpha value is -1.88. The predicted octanol–water partition coefficient (Wildman–Crippen LogP) is 2.80. The Kier molecular flexibility index (Phi) is 3.92. The van der Waals surface area contributed by atoms with Crippen molar-refractivity contribution in [2.75, 3.05) is 6.54 Å². The molecule has 2 aromatic heterocycles. The molecule has 0 aromatic carbocycles. The van der Waals surface area contributed by atoms with E-state index in [2.05, 4.69) is 51.2 Å². The summed E-state index contributed by atoms with van der Waals surface area (Å²) < 4.78 is 2.08. The van der Waals surface area contributed by atoms with Crippen LogP contribution in [-0.4, -0.2) is 26.1 Å². The van der Waals surface area contributed by atoms with Crippen LogP contribution in [0.4, 0.5) is 0 Å². The number of rotatable bonds is 4. The smallest absolute Gasteiger partial charge is 0.170 e. The fourth-order valence-electron chi connectivity index (χ4n) is 2.95. The van der Waals surface area contributed by atoms with Gasteiger partial charge < -0.3 is 14.8 Å². The van der Waals surface area contributed by atoms with Crippen molar-refractivity contribution in [3.8, 4) is 0 Å². The first-order valence-electron chi connectivity index (χ1n) is 7.30. The number of hydrogen-bond donors (Lipinski definition) is 1. The molecule has 1 fully saturated rings. The van der Waals surface area contributed by atoms with Crippen LogP contribution in [0, 0.1) is 0 Å². The molecule has 21 heavy (non-hydrogen) atoms. The lowest BCUT2D eigenvalue weighted by Gasteiger charge is -2.26. The Morgan fingerprint density at radius 2 is 2.19 bits per heavy atom. The molecule has 0 radical (unpaired) electrons. The van der Waals surface area contributed by atoms with Gasteiger partial charge in [0.2, 0.25) is 0 Å². The summed E-state index contributed by atoms with van der Waals surface area (Å²) in [5.41, 5.74) is 2.31. The largest absolute Gasteiger partial charge is 0.357 e. The van der Waals surface area contributed by atoms with Crippen LogP contribution in [0.3, 0.4) is 0 Å². The Morgan fingerprint density at radius 3 is 2.81 bits per heavy atom. The van der Waals surface area contributed by atoms with Gasteiger partial charge in [0.15, 0.2) is 5.11 Å². The molecule has 1 saturated heterocycles. The van der Waals surface area contributed by atoms with Gasteiger partial charge in [-0.25, -0.2) is 0 Å². The number of hydrogen-bond acceptors (Lipinski definition) is 2. The average Bonchev–Trinajstić information content (AvgIpc) is 3.05. The normalized spacial score (nSPS) is 21.6. The Morgan fingerprint density at radius 1 is 1.33 bits per heavy atom. The van der Waals surface area contributed by atoms with E-state index in [0.29, 0.717) is 0 Å². The molecule has 1 N–H and O–H groups in total. The Balaban J connectivity index is 2.00. The van der Waals surface area contributed by atoms with Gasteiger partial charge in [0, 0.05) is 32.2 Å². The molecule has 3 heterocycles. The van der Waals surface area contributed by atoms with Crippen LogP contribution in [0.15, 0.2) is 42.9 Å². The first-order valence-corrected chi connectivity index (χ1v) is 7.71. The van der Waals surface area contributed by atoms with Crippen LogP contribution in [0.2, 0.25) is 0 Å².